The van der Waals surface area contributed by atoms with E-state index in [1.165, 1.54) is 0 Å². The molecule has 144 valence electrons. The molecule has 1 heterocycles. The average molecular weight is 375 g/mol. The Morgan fingerprint density at radius 2 is 1.86 bits per heavy atom. The fourth-order valence-electron chi connectivity index (χ4n) is 3.69. The quantitative estimate of drug-likeness (QED) is 0.685. The summed E-state index contributed by atoms with van der Waals surface area (Å²) >= 11 is 0. The van der Waals surface area contributed by atoms with E-state index in [4.69, 9.17) is 4.74 Å². The number of nitrogens with zero attached hydrogens (tertiary/aromatic N) is 2. The number of amides is 1. The van der Waals surface area contributed by atoms with Crippen molar-refractivity contribution in [3.05, 3.63) is 72.1 Å². The van der Waals surface area contributed by atoms with E-state index in [9.17, 15) is 4.79 Å². The molecule has 1 aromatic heterocycles. The highest BCUT2D eigenvalue weighted by atomic mass is 16.5. The molecule has 0 atom stereocenters. The number of hydrogen-bond acceptors (Lipinski definition) is 3. The van der Waals surface area contributed by atoms with Gasteiger partial charge in [-0.15, -0.1) is 0 Å². The van der Waals surface area contributed by atoms with Gasteiger partial charge in [0.05, 0.1) is 12.5 Å². The predicted molar refractivity (Wildman–Crippen MR) is 109 cm³/mol. The zero-order chi connectivity index (χ0) is 19.6. The number of carbonyl (C=O) groups is 1. The van der Waals surface area contributed by atoms with Crippen LogP contribution in [0.2, 0.25) is 0 Å². The fourth-order valence-corrected chi connectivity index (χ4v) is 3.69. The molecule has 28 heavy (non-hydrogen) atoms. The molecular formula is C23H25N3O2. The Labute approximate surface area is 165 Å². The van der Waals surface area contributed by atoms with Gasteiger partial charge >= 0.3 is 0 Å². The molecule has 1 aliphatic carbocycles. The minimum atomic E-state index is -0.376. The molecule has 0 radical (unpaired) electrons. The first kappa shape index (κ1) is 18.3. The largest absolute Gasteiger partial charge is 0.497 e. The number of methoxy groups -OCH3 is 1. The Bertz CT molecular complexity index is 957. The van der Waals surface area contributed by atoms with Crippen LogP contribution < -0.4 is 10.1 Å². The van der Waals surface area contributed by atoms with Crippen LogP contribution in [0, 0.1) is 6.92 Å². The smallest absolute Gasteiger partial charge is 0.230 e. The SMILES string of the molecule is COc1ccc(C2(C(=O)NCCn3c(C)cnc3-c3ccccc3)CC2)cc1. The Morgan fingerprint density at radius 3 is 2.50 bits per heavy atom. The van der Waals surface area contributed by atoms with Crippen LogP contribution in [0.3, 0.4) is 0 Å². The van der Waals surface area contributed by atoms with Crippen LogP contribution in [0.1, 0.15) is 24.1 Å². The highest BCUT2D eigenvalue weighted by Crippen LogP contribution is 2.48. The Balaban J connectivity index is 1.42. The molecule has 5 heteroatoms. The maximum Gasteiger partial charge on any atom is 0.230 e. The van der Waals surface area contributed by atoms with E-state index in [0.29, 0.717) is 13.1 Å². The third kappa shape index (κ3) is 3.40. The van der Waals surface area contributed by atoms with Crippen LogP contribution >= 0.6 is 0 Å². The number of nitrogens with one attached hydrogen (secondary N) is 1. The van der Waals surface area contributed by atoms with E-state index in [2.05, 4.69) is 27.0 Å². The van der Waals surface area contributed by atoms with E-state index >= 15 is 0 Å². The number of carbonyl (C=O) groups excluding carboxylic acids is 1. The van der Waals surface area contributed by atoms with Crippen LogP contribution in [0.5, 0.6) is 5.75 Å². The van der Waals surface area contributed by atoms with Crippen LogP contribution in [-0.2, 0) is 16.8 Å². The van der Waals surface area contributed by atoms with Crippen molar-refractivity contribution in [2.24, 2.45) is 0 Å². The molecule has 4 rings (SSSR count). The van der Waals surface area contributed by atoms with Crippen molar-refractivity contribution in [2.75, 3.05) is 13.7 Å². The minimum absolute atomic E-state index is 0.108. The van der Waals surface area contributed by atoms with Gasteiger partial charge in [-0.2, -0.15) is 0 Å². The van der Waals surface area contributed by atoms with E-state index in [-0.39, 0.29) is 11.3 Å². The Hall–Kier alpha value is -3.08. The Kier molecular flexibility index (Phi) is 4.90. The van der Waals surface area contributed by atoms with E-state index in [1.54, 1.807) is 7.11 Å². The summed E-state index contributed by atoms with van der Waals surface area (Å²) in [5.41, 5.74) is 2.86. The van der Waals surface area contributed by atoms with Crippen molar-refractivity contribution < 1.29 is 9.53 Å². The van der Waals surface area contributed by atoms with Gasteiger partial charge in [0, 0.05) is 30.5 Å². The standard InChI is InChI=1S/C23H25N3O2/c1-17-16-25-21(18-6-4-3-5-7-18)26(17)15-14-24-22(27)23(12-13-23)19-8-10-20(28-2)11-9-19/h3-11,16H,12-15H2,1-2H3,(H,24,27). The summed E-state index contributed by atoms with van der Waals surface area (Å²) in [6.07, 6.45) is 3.67. The second-order valence-electron chi connectivity index (χ2n) is 7.31. The van der Waals surface area contributed by atoms with Gasteiger partial charge in [0.1, 0.15) is 11.6 Å². The van der Waals surface area contributed by atoms with Crippen molar-refractivity contribution in [1.29, 1.82) is 0 Å². The van der Waals surface area contributed by atoms with Gasteiger partial charge < -0.3 is 14.6 Å². The first-order valence-electron chi connectivity index (χ1n) is 9.64. The lowest BCUT2D eigenvalue weighted by molar-refractivity contribution is -0.123. The third-order valence-corrected chi connectivity index (χ3v) is 5.54. The third-order valence-electron chi connectivity index (χ3n) is 5.54. The number of ether oxygens (including phenoxy) is 1. The predicted octanol–water partition coefficient (Wildman–Crippen LogP) is 3.72. The summed E-state index contributed by atoms with van der Waals surface area (Å²) in [5, 5.41) is 3.14. The van der Waals surface area contributed by atoms with E-state index in [1.807, 2.05) is 55.6 Å². The number of aromatic nitrogens is 2. The normalized spacial score (nSPS) is 14.5. The van der Waals surface area contributed by atoms with Gasteiger partial charge in [-0.25, -0.2) is 4.98 Å². The summed E-state index contributed by atoms with van der Waals surface area (Å²) < 4.78 is 7.37. The van der Waals surface area contributed by atoms with Crippen LogP contribution in [0.4, 0.5) is 0 Å². The van der Waals surface area contributed by atoms with Crippen molar-refractivity contribution >= 4 is 5.91 Å². The molecule has 1 saturated carbocycles. The maximum atomic E-state index is 12.9. The zero-order valence-corrected chi connectivity index (χ0v) is 16.3. The number of imidazole rings is 1. The monoisotopic (exact) mass is 375 g/mol. The molecule has 0 spiro atoms. The molecule has 5 nitrogen and oxygen atoms in total. The van der Waals surface area contributed by atoms with E-state index in [0.717, 1.165) is 41.2 Å². The number of aryl methyl sites for hydroxylation is 1. The first-order valence-corrected chi connectivity index (χ1v) is 9.64. The summed E-state index contributed by atoms with van der Waals surface area (Å²) in [6.45, 7) is 3.31. The zero-order valence-electron chi connectivity index (χ0n) is 16.3. The van der Waals surface area contributed by atoms with Crippen LogP contribution in [-0.4, -0.2) is 29.1 Å². The minimum Gasteiger partial charge on any atom is -0.497 e. The van der Waals surface area contributed by atoms with Crippen molar-refractivity contribution in [3.63, 3.8) is 0 Å². The number of benzene rings is 2. The average Bonchev–Trinajstić information content (AvgIpc) is 3.48. The highest BCUT2D eigenvalue weighted by molar-refractivity contribution is 5.91. The molecule has 2 aromatic carbocycles. The van der Waals surface area contributed by atoms with E-state index < -0.39 is 0 Å². The topological polar surface area (TPSA) is 56.1 Å². The Morgan fingerprint density at radius 1 is 1.14 bits per heavy atom. The lowest BCUT2D eigenvalue weighted by Gasteiger charge is -2.17. The summed E-state index contributed by atoms with van der Waals surface area (Å²) in [5.74, 6) is 1.85. The molecule has 3 aromatic rings. The molecule has 0 saturated heterocycles. The molecule has 1 aliphatic rings. The molecule has 1 N–H and O–H groups in total. The molecule has 0 unspecified atom stereocenters. The lowest BCUT2D eigenvalue weighted by atomic mass is 9.95. The highest BCUT2D eigenvalue weighted by Gasteiger charge is 2.51. The lowest BCUT2D eigenvalue weighted by Crippen LogP contribution is -2.36. The van der Waals surface area contributed by atoms with Gasteiger partial charge in [-0.05, 0) is 37.5 Å². The van der Waals surface area contributed by atoms with Crippen molar-refractivity contribution in [2.45, 2.75) is 31.7 Å². The van der Waals surface area contributed by atoms with Crippen molar-refractivity contribution in [3.8, 4) is 17.1 Å². The van der Waals surface area contributed by atoms with Gasteiger partial charge in [-0.3, -0.25) is 4.79 Å². The number of rotatable bonds is 7. The van der Waals surface area contributed by atoms with Crippen molar-refractivity contribution in [1.82, 2.24) is 14.9 Å². The summed E-state index contributed by atoms with van der Waals surface area (Å²) in [6, 6.07) is 18.0. The second-order valence-corrected chi connectivity index (χ2v) is 7.31. The molecule has 0 aliphatic heterocycles. The van der Waals surface area contributed by atoms with Gasteiger partial charge in [-0.1, -0.05) is 42.5 Å². The van der Waals surface area contributed by atoms with Crippen LogP contribution in [0.15, 0.2) is 60.8 Å². The van der Waals surface area contributed by atoms with Gasteiger partial charge in [0.2, 0.25) is 5.91 Å². The van der Waals surface area contributed by atoms with Gasteiger partial charge in [0.25, 0.3) is 0 Å². The molecule has 1 fully saturated rings. The molecule has 1 amide bonds. The van der Waals surface area contributed by atoms with Crippen LogP contribution in [0.25, 0.3) is 11.4 Å². The fraction of sp³-hybridized carbons (Fsp3) is 0.304. The maximum absolute atomic E-state index is 12.9. The molecule has 0 bridgehead atoms. The van der Waals surface area contributed by atoms with Gasteiger partial charge in [0.15, 0.2) is 0 Å². The summed E-state index contributed by atoms with van der Waals surface area (Å²) in [7, 11) is 1.65. The number of hydrogen-bond donors (Lipinski definition) is 1. The summed E-state index contributed by atoms with van der Waals surface area (Å²) in [4.78, 5) is 17.4. The molecular weight excluding hydrogens is 350 g/mol. The second kappa shape index (κ2) is 7.50. The first-order chi connectivity index (χ1) is 13.6.